The van der Waals surface area contributed by atoms with Gasteiger partial charge in [-0.05, 0) is 19.3 Å². The number of nitrogens with zero attached hydrogens (tertiary/aromatic N) is 2. The first-order valence-corrected chi connectivity index (χ1v) is 6.75. The summed E-state index contributed by atoms with van der Waals surface area (Å²) < 4.78 is 0. The van der Waals surface area contributed by atoms with Gasteiger partial charge in [-0.15, -0.1) is 0 Å². The lowest BCUT2D eigenvalue weighted by atomic mass is 10.2. The van der Waals surface area contributed by atoms with Crippen molar-refractivity contribution in [2.24, 2.45) is 5.73 Å². The number of aromatic amines is 1. The number of nitrogens with one attached hydrogen (secondary N) is 1. The standard InChI is InChI=1S/C13H22N4O2/c1-3-5-7-10-9-11(18)16-13(15-10)17(12(14)19)8-6-4-2/h9H,3-8H2,1-2H3,(H2,14,19)(H,15,16,18). The smallest absolute Gasteiger partial charge is 0.321 e. The molecule has 1 heterocycles. The fourth-order valence-corrected chi connectivity index (χ4v) is 1.74. The van der Waals surface area contributed by atoms with Crippen molar-refractivity contribution in [3.63, 3.8) is 0 Å². The average molecular weight is 266 g/mol. The van der Waals surface area contributed by atoms with Crippen LogP contribution in [-0.4, -0.2) is 22.5 Å². The number of carbonyl (C=O) groups is 1. The van der Waals surface area contributed by atoms with E-state index in [1.807, 2.05) is 6.92 Å². The summed E-state index contributed by atoms with van der Waals surface area (Å²) in [5, 5.41) is 0. The van der Waals surface area contributed by atoms with Gasteiger partial charge in [0.1, 0.15) is 0 Å². The number of hydrogen-bond donors (Lipinski definition) is 2. The summed E-state index contributed by atoms with van der Waals surface area (Å²) in [4.78, 5) is 31.2. The molecule has 0 radical (unpaired) electrons. The Morgan fingerprint density at radius 1 is 1.37 bits per heavy atom. The monoisotopic (exact) mass is 266 g/mol. The minimum Gasteiger partial charge on any atom is -0.351 e. The summed E-state index contributed by atoms with van der Waals surface area (Å²) in [5.74, 6) is 0.250. The van der Waals surface area contributed by atoms with Crippen LogP contribution in [0.1, 0.15) is 45.2 Å². The fraction of sp³-hybridized carbons (Fsp3) is 0.615. The Morgan fingerprint density at radius 2 is 2.05 bits per heavy atom. The fourth-order valence-electron chi connectivity index (χ4n) is 1.74. The number of hydrogen-bond acceptors (Lipinski definition) is 3. The Kier molecular flexibility index (Phi) is 6.05. The molecular weight excluding hydrogens is 244 g/mol. The van der Waals surface area contributed by atoms with Gasteiger partial charge in [0.25, 0.3) is 5.56 Å². The predicted octanol–water partition coefficient (Wildman–Crippen LogP) is 1.80. The van der Waals surface area contributed by atoms with Gasteiger partial charge in [-0.1, -0.05) is 26.7 Å². The summed E-state index contributed by atoms with van der Waals surface area (Å²) in [7, 11) is 0. The Morgan fingerprint density at radius 3 is 2.63 bits per heavy atom. The first-order chi connectivity index (χ1) is 9.08. The van der Waals surface area contributed by atoms with E-state index in [1.54, 1.807) is 0 Å². The van der Waals surface area contributed by atoms with Gasteiger partial charge in [-0.2, -0.15) is 0 Å². The minimum absolute atomic E-state index is 0.250. The van der Waals surface area contributed by atoms with Gasteiger partial charge in [0.2, 0.25) is 5.95 Å². The third kappa shape index (κ3) is 4.73. The van der Waals surface area contributed by atoms with E-state index in [-0.39, 0.29) is 11.5 Å². The number of H-pyrrole nitrogens is 1. The molecule has 6 nitrogen and oxygen atoms in total. The van der Waals surface area contributed by atoms with Crippen LogP contribution in [0.25, 0.3) is 0 Å². The van der Waals surface area contributed by atoms with E-state index in [1.165, 1.54) is 11.0 Å². The number of aryl methyl sites for hydroxylation is 1. The molecule has 0 saturated carbocycles. The van der Waals surface area contributed by atoms with Gasteiger partial charge in [-0.25, -0.2) is 9.78 Å². The van der Waals surface area contributed by atoms with Crippen LogP contribution in [0.5, 0.6) is 0 Å². The number of primary amides is 1. The van der Waals surface area contributed by atoms with Gasteiger partial charge in [0, 0.05) is 18.3 Å². The Labute approximate surface area is 113 Å². The van der Waals surface area contributed by atoms with Crippen LogP contribution in [0, 0.1) is 0 Å². The van der Waals surface area contributed by atoms with Gasteiger partial charge >= 0.3 is 6.03 Å². The molecule has 2 amide bonds. The normalized spacial score (nSPS) is 10.4. The van der Waals surface area contributed by atoms with Gasteiger partial charge in [0.15, 0.2) is 0 Å². The SMILES string of the molecule is CCCCc1cc(=O)[nH]c(N(CCCC)C(N)=O)n1. The maximum absolute atomic E-state index is 11.6. The lowest BCUT2D eigenvalue weighted by Crippen LogP contribution is -2.38. The average Bonchev–Trinajstić information content (AvgIpc) is 2.36. The van der Waals surface area contributed by atoms with Crippen LogP contribution in [0.15, 0.2) is 10.9 Å². The summed E-state index contributed by atoms with van der Waals surface area (Å²) in [6.45, 7) is 4.56. The number of anilines is 1. The molecule has 1 rings (SSSR count). The molecule has 1 aromatic rings. The van der Waals surface area contributed by atoms with Crippen molar-refractivity contribution in [2.45, 2.75) is 46.0 Å². The highest BCUT2D eigenvalue weighted by atomic mass is 16.2. The van der Waals surface area contributed by atoms with Crippen LogP contribution in [-0.2, 0) is 6.42 Å². The lowest BCUT2D eigenvalue weighted by Gasteiger charge is -2.18. The number of amides is 2. The number of unbranched alkanes of at least 4 members (excludes halogenated alkanes) is 2. The zero-order chi connectivity index (χ0) is 14.3. The number of nitrogens with two attached hydrogens (primary N) is 1. The maximum Gasteiger partial charge on any atom is 0.321 e. The van der Waals surface area contributed by atoms with Crippen molar-refractivity contribution in [1.29, 1.82) is 0 Å². The maximum atomic E-state index is 11.6. The van der Waals surface area contributed by atoms with Crippen molar-refractivity contribution in [3.8, 4) is 0 Å². The van der Waals surface area contributed by atoms with E-state index >= 15 is 0 Å². The van der Waals surface area contributed by atoms with E-state index in [0.29, 0.717) is 12.2 Å². The summed E-state index contributed by atoms with van der Waals surface area (Å²) >= 11 is 0. The zero-order valence-corrected chi connectivity index (χ0v) is 11.6. The molecule has 0 aromatic carbocycles. The van der Waals surface area contributed by atoms with Crippen molar-refractivity contribution >= 4 is 12.0 Å². The number of aromatic nitrogens is 2. The van der Waals surface area contributed by atoms with Crippen LogP contribution in [0.3, 0.4) is 0 Å². The van der Waals surface area contributed by atoms with E-state index in [4.69, 9.17) is 5.73 Å². The number of carbonyl (C=O) groups excluding carboxylic acids is 1. The van der Waals surface area contributed by atoms with Crippen molar-refractivity contribution in [2.75, 3.05) is 11.4 Å². The quantitative estimate of drug-likeness (QED) is 0.788. The van der Waals surface area contributed by atoms with Gasteiger partial charge in [0.05, 0.1) is 0 Å². The molecule has 1 aromatic heterocycles. The van der Waals surface area contributed by atoms with Gasteiger partial charge in [-0.3, -0.25) is 14.7 Å². The first kappa shape index (κ1) is 15.2. The molecule has 0 aliphatic heterocycles. The van der Waals surface area contributed by atoms with E-state index in [2.05, 4.69) is 16.9 Å². The van der Waals surface area contributed by atoms with Crippen molar-refractivity contribution < 1.29 is 4.79 Å². The second kappa shape index (κ2) is 7.56. The molecule has 0 spiro atoms. The highest BCUT2D eigenvalue weighted by Gasteiger charge is 2.15. The molecule has 19 heavy (non-hydrogen) atoms. The van der Waals surface area contributed by atoms with Gasteiger partial charge < -0.3 is 5.73 Å². The summed E-state index contributed by atoms with van der Waals surface area (Å²) in [5.41, 5.74) is 5.78. The number of urea groups is 1. The second-order valence-electron chi connectivity index (χ2n) is 4.51. The molecule has 0 aliphatic rings. The molecule has 6 heteroatoms. The Bertz CT molecular complexity index is 470. The highest BCUT2D eigenvalue weighted by Crippen LogP contribution is 2.09. The molecule has 0 saturated heterocycles. The van der Waals surface area contributed by atoms with Crippen LogP contribution in [0.2, 0.25) is 0 Å². The molecule has 106 valence electrons. The Hall–Kier alpha value is -1.85. The predicted molar refractivity (Wildman–Crippen MR) is 75.3 cm³/mol. The molecule has 0 unspecified atom stereocenters. The highest BCUT2D eigenvalue weighted by molar-refractivity contribution is 5.88. The molecule has 0 aliphatic carbocycles. The molecule has 3 N–H and O–H groups in total. The second-order valence-corrected chi connectivity index (χ2v) is 4.51. The zero-order valence-electron chi connectivity index (χ0n) is 11.6. The number of rotatable bonds is 7. The molecule has 0 fully saturated rings. The van der Waals surface area contributed by atoms with Crippen molar-refractivity contribution in [3.05, 3.63) is 22.1 Å². The van der Waals surface area contributed by atoms with Crippen LogP contribution in [0.4, 0.5) is 10.7 Å². The Balaban J connectivity index is 2.98. The molecule has 0 atom stereocenters. The van der Waals surface area contributed by atoms with E-state index < -0.39 is 6.03 Å². The van der Waals surface area contributed by atoms with E-state index in [9.17, 15) is 9.59 Å². The minimum atomic E-state index is -0.593. The summed E-state index contributed by atoms with van der Waals surface area (Å²) in [6, 6.07) is 0.877. The topological polar surface area (TPSA) is 92.1 Å². The third-order valence-corrected chi connectivity index (χ3v) is 2.83. The molecular formula is C13H22N4O2. The molecule has 0 bridgehead atoms. The summed E-state index contributed by atoms with van der Waals surface area (Å²) in [6.07, 6.45) is 4.46. The first-order valence-electron chi connectivity index (χ1n) is 6.75. The third-order valence-electron chi connectivity index (χ3n) is 2.83. The largest absolute Gasteiger partial charge is 0.351 e. The van der Waals surface area contributed by atoms with E-state index in [0.717, 1.165) is 32.1 Å². The van der Waals surface area contributed by atoms with Crippen molar-refractivity contribution in [1.82, 2.24) is 9.97 Å². The lowest BCUT2D eigenvalue weighted by molar-refractivity contribution is 0.253. The van der Waals surface area contributed by atoms with Crippen LogP contribution >= 0.6 is 0 Å². The van der Waals surface area contributed by atoms with Crippen LogP contribution < -0.4 is 16.2 Å².